The van der Waals surface area contributed by atoms with Gasteiger partial charge in [0.05, 0.1) is 6.04 Å². The predicted molar refractivity (Wildman–Crippen MR) is 100 cm³/mol. The monoisotopic (exact) mass is 303 g/mol. The lowest BCUT2D eigenvalue weighted by Crippen LogP contribution is -2.35. The molecule has 2 aromatic rings. The van der Waals surface area contributed by atoms with E-state index in [1.54, 1.807) is 0 Å². The van der Waals surface area contributed by atoms with Crippen molar-refractivity contribution < 1.29 is 0 Å². The molecule has 1 N–H and O–H groups in total. The summed E-state index contributed by atoms with van der Waals surface area (Å²) in [6, 6.07) is 22.3. The Balaban J connectivity index is 2.18. The maximum Gasteiger partial charge on any atom is 0.0510 e. The van der Waals surface area contributed by atoms with Gasteiger partial charge in [-0.2, -0.15) is 0 Å². The van der Waals surface area contributed by atoms with E-state index in [4.69, 9.17) is 0 Å². The Labute approximate surface area is 139 Å². The molecule has 0 aromatic heterocycles. The summed E-state index contributed by atoms with van der Waals surface area (Å²) in [5.41, 5.74) is 8.20. The van der Waals surface area contributed by atoms with Crippen molar-refractivity contribution in [1.29, 1.82) is 0 Å². The van der Waals surface area contributed by atoms with E-state index in [-0.39, 0.29) is 0 Å². The zero-order valence-corrected chi connectivity index (χ0v) is 14.4. The largest absolute Gasteiger partial charge is 0.305 e. The molecule has 0 fully saturated rings. The Kier molecular flexibility index (Phi) is 4.49. The Morgan fingerprint density at radius 2 is 1.09 bits per heavy atom. The molecular weight excluding hydrogens is 278 g/mol. The van der Waals surface area contributed by atoms with Crippen molar-refractivity contribution in [3.8, 4) is 0 Å². The molecular formula is C22H25N. The van der Waals surface area contributed by atoms with Crippen LogP contribution in [0.2, 0.25) is 0 Å². The molecule has 0 saturated heterocycles. The zero-order valence-electron chi connectivity index (χ0n) is 14.4. The van der Waals surface area contributed by atoms with Gasteiger partial charge < -0.3 is 5.32 Å². The van der Waals surface area contributed by atoms with Crippen LogP contribution in [0, 0.1) is 0 Å². The summed E-state index contributed by atoms with van der Waals surface area (Å²) in [4.78, 5) is 0. The molecule has 0 spiro atoms. The highest BCUT2D eigenvalue weighted by Crippen LogP contribution is 2.44. The van der Waals surface area contributed by atoms with Crippen LogP contribution in [0.3, 0.4) is 0 Å². The van der Waals surface area contributed by atoms with Crippen molar-refractivity contribution in [2.75, 3.05) is 0 Å². The smallest absolute Gasteiger partial charge is 0.0510 e. The van der Waals surface area contributed by atoms with E-state index < -0.39 is 0 Å². The van der Waals surface area contributed by atoms with Crippen LogP contribution in [0.15, 0.2) is 71.8 Å². The lowest BCUT2D eigenvalue weighted by Gasteiger charge is -2.20. The quantitative estimate of drug-likeness (QED) is 0.806. The Morgan fingerprint density at radius 1 is 0.696 bits per heavy atom. The maximum absolute atomic E-state index is 3.72. The van der Waals surface area contributed by atoms with Gasteiger partial charge in [0, 0.05) is 6.04 Å². The molecule has 0 amide bonds. The van der Waals surface area contributed by atoms with Crippen LogP contribution in [0.25, 0.3) is 11.1 Å². The fourth-order valence-electron chi connectivity index (χ4n) is 3.54. The van der Waals surface area contributed by atoms with Crippen LogP contribution >= 0.6 is 0 Å². The van der Waals surface area contributed by atoms with Gasteiger partial charge in [0.1, 0.15) is 0 Å². The molecule has 3 rings (SSSR count). The number of nitrogens with one attached hydrogen (secondary N) is 1. The van der Waals surface area contributed by atoms with E-state index in [1.165, 1.54) is 33.4 Å². The number of hydrogen-bond donors (Lipinski definition) is 1. The second-order valence-corrected chi connectivity index (χ2v) is 6.60. The molecule has 2 aromatic carbocycles. The van der Waals surface area contributed by atoms with E-state index in [9.17, 15) is 0 Å². The van der Waals surface area contributed by atoms with Gasteiger partial charge >= 0.3 is 0 Å². The number of benzene rings is 2. The van der Waals surface area contributed by atoms with Gasteiger partial charge in [-0.25, -0.2) is 0 Å². The second-order valence-electron chi connectivity index (χ2n) is 6.60. The molecule has 118 valence electrons. The molecule has 1 nitrogen and oxygen atoms in total. The molecule has 0 saturated carbocycles. The van der Waals surface area contributed by atoms with Crippen molar-refractivity contribution >= 4 is 11.1 Å². The predicted octanol–water partition coefficient (Wildman–Crippen LogP) is 5.31. The molecule has 1 heteroatoms. The average Bonchev–Trinajstić information content (AvgIpc) is 2.80. The molecule has 0 radical (unpaired) electrons. The average molecular weight is 303 g/mol. The second kappa shape index (κ2) is 6.55. The molecule has 0 atom stereocenters. The van der Waals surface area contributed by atoms with Crippen molar-refractivity contribution in [3.63, 3.8) is 0 Å². The number of allylic oxidation sites excluding steroid dienone is 2. The molecule has 0 bridgehead atoms. The third-order valence-corrected chi connectivity index (χ3v) is 4.53. The first-order valence-corrected chi connectivity index (χ1v) is 8.38. The topological polar surface area (TPSA) is 12.0 Å². The highest BCUT2D eigenvalue weighted by Gasteiger charge is 2.30. The van der Waals surface area contributed by atoms with Crippen LogP contribution in [0.4, 0.5) is 0 Å². The number of hydrogen-bond acceptors (Lipinski definition) is 1. The minimum absolute atomic E-state index is 0.320. The highest BCUT2D eigenvalue weighted by molar-refractivity contribution is 6.10. The van der Waals surface area contributed by atoms with Gasteiger partial charge in [0.25, 0.3) is 0 Å². The molecule has 1 aliphatic rings. The van der Waals surface area contributed by atoms with Crippen LogP contribution in [0.5, 0.6) is 0 Å². The molecule has 0 heterocycles. The molecule has 0 aliphatic heterocycles. The van der Waals surface area contributed by atoms with Crippen LogP contribution in [-0.4, -0.2) is 12.1 Å². The van der Waals surface area contributed by atoms with E-state index in [1.807, 2.05) is 0 Å². The lowest BCUT2D eigenvalue weighted by molar-refractivity contribution is 0.552. The third kappa shape index (κ3) is 3.02. The van der Waals surface area contributed by atoms with Gasteiger partial charge in [-0.15, -0.1) is 0 Å². The standard InChI is InChI=1S/C22H25N/c1-15(2)23-22-16(3)20(18-11-7-5-8-12-18)21(17(22)4)19-13-9-6-10-14-19/h5-15,22-23H,1-4H3. The van der Waals surface area contributed by atoms with Gasteiger partial charge in [0.2, 0.25) is 0 Å². The first-order chi connectivity index (χ1) is 11.1. The van der Waals surface area contributed by atoms with E-state index in [0.717, 1.165) is 0 Å². The Hall–Kier alpha value is -2.12. The first-order valence-electron chi connectivity index (χ1n) is 8.38. The lowest BCUT2D eigenvalue weighted by atomic mass is 9.92. The van der Waals surface area contributed by atoms with Gasteiger partial charge in [-0.3, -0.25) is 0 Å². The molecule has 0 unspecified atom stereocenters. The van der Waals surface area contributed by atoms with Crippen molar-refractivity contribution in [1.82, 2.24) is 5.32 Å². The molecule has 1 aliphatic carbocycles. The van der Waals surface area contributed by atoms with Gasteiger partial charge in [-0.1, -0.05) is 60.7 Å². The normalized spacial score (nSPS) is 15.9. The van der Waals surface area contributed by atoms with E-state index in [2.05, 4.69) is 93.7 Å². The van der Waals surface area contributed by atoms with Crippen LogP contribution in [0.1, 0.15) is 38.8 Å². The minimum Gasteiger partial charge on any atom is -0.305 e. The summed E-state index contributed by atoms with van der Waals surface area (Å²) in [7, 11) is 0. The SMILES string of the molecule is CC1=C(c2ccccc2)C(c2ccccc2)=C(C)C1NC(C)C. The highest BCUT2D eigenvalue weighted by atomic mass is 14.9. The van der Waals surface area contributed by atoms with E-state index >= 15 is 0 Å². The van der Waals surface area contributed by atoms with Crippen molar-refractivity contribution in [3.05, 3.63) is 82.9 Å². The van der Waals surface area contributed by atoms with Gasteiger partial charge in [-0.05, 0) is 61.1 Å². The van der Waals surface area contributed by atoms with Crippen LogP contribution < -0.4 is 5.32 Å². The number of rotatable bonds is 4. The third-order valence-electron chi connectivity index (χ3n) is 4.53. The fraction of sp³-hybridized carbons (Fsp3) is 0.273. The summed E-state index contributed by atoms with van der Waals surface area (Å²) >= 11 is 0. The Morgan fingerprint density at radius 3 is 1.43 bits per heavy atom. The Bertz CT molecular complexity index is 675. The van der Waals surface area contributed by atoms with Crippen molar-refractivity contribution in [2.45, 2.75) is 39.8 Å². The molecule has 23 heavy (non-hydrogen) atoms. The summed E-state index contributed by atoms with van der Waals surface area (Å²) in [6.07, 6.45) is 0. The maximum atomic E-state index is 3.72. The minimum atomic E-state index is 0.320. The zero-order chi connectivity index (χ0) is 16.4. The van der Waals surface area contributed by atoms with Gasteiger partial charge in [0.15, 0.2) is 0 Å². The summed E-state index contributed by atoms with van der Waals surface area (Å²) < 4.78 is 0. The first kappa shape index (κ1) is 15.8. The van der Waals surface area contributed by atoms with Crippen molar-refractivity contribution in [2.24, 2.45) is 0 Å². The summed E-state index contributed by atoms with van der Waals surface area (Å²) in [5, 5.41) is 3.72. The summed E-state index contributed by atoms with van der Waals surface area (Å²) in [5.74, 6) is 0. The fourth-order valence-corrected chi connectivity index (χ4v) is 3.54. The summed E-state index contributed by atoms with van der Waals surface area (Å²) in [6.45, 7) is 8.95. The van der Waals surface area contributed by atoms with Crippen LogP contribution in [-0.2, 0) is 0 Å². The van der Waals surface area contributed by atoms with E-state index in [0.29, 0.717) is 12.1 Å².